The molecule has 0 aliphatic carbocycles. The summed E-state index contributed by atoms with van der Waals surface area (Å²) in [4.78, 5) is 9.21. The quantitative estimate of drug-likeness (QED) is 0.528. The van der Waals surface area contributed by atoms with Crippen LogP contribution in [-0.4, -0.2) is 40.8 Å². The maximum atomic E-state index is 5.07. The largest absolute Gasteiger partial charge is 0.345 e. The van der Waals surface area contributed by atoms with Crippen LogP contribution in [-0.2, 0) is 6.54 Å². The molecule has 0 atom stereocenters. The molecule has 1 aliphatic rings. The number of benzene rings is 2. The van der Waals surface area contributed by atoms with E-state index in [9.17, 15) is 0 Å². The van der Waals surface area contributed by atoms with E-state index >= 15 is 0 Å². The molecule has 1 fully saturated rings. The van der Waals surface area contributed by atoms with Gasteiger partial charge in [0, 0.05) is 22.9 Å². The van der Waals surface area contributed by atoms with E-state index in [0.29, 0.717) is 5.92 Å². The minimum absolute atomic E-state index is 0.363. The minimum atomic E-state index is 0.363. The molecule has 0 bridgehead atoms. The van der Waals surface area contributed by atoms with E-state index in [1.807, 2.05) is 0 Å². The molecule has 5 heteroatoms. The Kier molecular flexibility index (Phi) is 5.66. The summed E-state index contributed by atoms with van der Waals surface area (Å²) >= 11 is 0. The van der Waals surface area contributed by atoms with Gasteiger partial charge >= 0.3 is 0 Å². The summed E-state index contributed by atoms with van der Waals surface area (Å²) in [6, 6.07) is 23.6. The number of nitrogens with one attached hydrogen (secondary N) is 1. The average molecular weight is 427 g/mol. The molecule has 2 aromatic heterocycles. The van der Waals surface area contributed by atoms with Crippen LogP contribution >= 0.6 is 0 Å². The first-order valence-electron chi connectivity index (χ1n) is 11.7. The van der Waals surface area contributed by atoms with Gasteiger partial charge in [0.25, 0.3) is 0 Å². The average Bonchev–Trinajstić information content (AvgIpc) is 3.16. The molecule has 0 radical (unpaired) electrons. The molecule has 4 aromatic rings. The van der Waals surface area contributed by atoms with Crippen molar-refractivity contribution in [2.75, 3.05) is 31.1 Å². The topological polar surface area (TPSA) is 37.9 Å². The minimum Gasteiger partial charge on any atom is -0.345 e. The number of hydrogen-bond donors (Lipinski definition) is 1. The highest BCUT2D eigenvalue weighted by atomic mass is 15.4. The van der Waals surface area contributed by atoms with Crippen LogP contribution in [0.25, 0.3) is 16.8 Å². The second-order valence-electron chi connectivity index (χ2n) is 9.16. The summed E-state index contributed by atoms with van der Waals surface area (Å²) < 4.78 is 2.08. The maximum Gasteiger partial charge on any atom is 0.165 e. The van der Waals surface area contributed by atoms with Gasteiger partial charge in [-0.15, -0.1) is 0 Å². The van der Waals surface area contributed by atoms with Crippen LogP contribution < -0.4 is 9.80 Å². The lowest BCUT2D eigenvalue weighted by atomic mass is 10.1. The van der Waals surface area contributed by atoms with Crippen molar-refractivity contribution in [3.8, 4) is 11.1 Å². The molecular formula is C27H32N5+. The Hall–Kier alpha value is -3.18. The Morgan fingerprint density at radius 3 is 2.25 bits per heavy atom. The highest BCUT2D eigenvalue weighted by molar-refractivity contribution is 5.81. The van der Waals surface area contributed by atoms with Crippen molar-refractivity contribution >= 4 is 11.5 Å². The van der Waals surface area contributed by atoms with Crippen LogP contribution in [0.5, 0.6) is 0 Å². The number of nitrogens with zero attached hydrogens (tertiary/aromatic N) is 4. The number of hydrogen-bond acceptors (Lipinski definition) is 3. The standard InChI is InChI=1S/C27H31N5/c1-20(2)24-18-25(31-16-14-30(15-17-31)19-22-10-6-4-7-11-22)32-27(28-24)26(21(3)29-32)23-12-8-5-9-13-23/h4-13,18,20H,14-17,19H2,1-3H3/p+1. The van der Waals surface area contributed by atoms with E-state index in [0.717, 1.165) is 55.3 Å². The third kappa shape index (κ3) is 4.00. The Morgan fingerprint density at radius 2 is 1.59 bits per heavy atom. The van der Waals surface area contributed by atoms with E-state index in [-0.39, 0.29) is 0 Å². The molecule has 5 nitrogen and oxygen atoms in total. The zero-order valence-corrected chi connectivity index (χ0v) is 19.3. The van der Waals surface area contributed by atoms with E-state index in [4.69, 9.17) is 10.1 Å². The molecular weight excluding hydrogens is 394 g/mol. The van der Waals surface area contributed by atoms with Crippen LogP contribution in [0.15, 0.2) is 66.7 Å². The molecule has 3 heterocycles. The molecule has 164 valence electrons. The van der Waals surface area contributed by atoms with E-state index < -0.39 is 0 Å². The second-order valence-corrected chi connectivity index (χ2v) is 9.16. The first-order valence-corrected chi connectivity index (χ1v) is 11.7. The van der Waals surface area contributed by atoms with Crippen LogP contribution in [0.1, 0.15) is 36.7 Å². The van der Waals surface area contributed by atoms with Gasteiger partial charge in [0.1, 0.15) is 12.4 Å². The number of anilines is 1. The number of rotatable bonds is 5. The van der Waals surface area contributed by atoms with Gasteiger partial charge in [-0.3, -0.25) is 0 Å². The van der Waals surface area contributed by atoms with Crippen molar-refractivity contribution < 1.29 is 4.90 Å². The molecule has 2 aromatic carbocycles. The molecule has 5 rings (SSSR count). The van der Waals surface area contributed by atoms with Gasteiger partial charge in [0.2, 0.25) is 0 Å². The number of quaternary nitrogens is 1. The molecule has 1 N–H and O–H groups in total. The summed E-state index contributed by atoms with van der Waals surface area (Å²) in [5.41, 5.74) is 6.86. The lowest BCUT2D eigenvalue weighted by Crippen LogP contribution is -3.13. The fourth-order valence-corrected chi connectivity index (χ4v) is 4.70. The van der Waals surface area contributed by atoms with Crippen LogP contribution in [0, 0.1) is 6.92 Å². The molecule has 32 heavy (non-hydrogen) atoms. The van der Waals surface area contributed by atoms with Crippen LogP contribution in [0.2, 0.25) is 0 Å². The highest BCUT2D eigenvalue weighted by Crippen LogP contribution is 2.31. The van der Waals surface area contributed by atoms with Crippen molar-refractivity contribution in [3.05, 3.63) is 83.7 Å². The fraction of sp³-hybridized carbons (Fsp3) is 0.333. The number of piperazine rings is 1. The van der Waals surface area contributed by atoms with Gasteiger partial charge in [-0.1, -0.05) is 74.5 Å². The number of aryl methyl sites for hydroxylation is 1. The van der Waals surface area contributed by atoms with Gasteiger partial charge in [0.15, 0.2) is 5.65 Å². The molecule has 1 aliphatic heterocycles. The summed E-state index contributed by atoms with van der Waals surface area (Å²) in [6.07, 6.45) is 0. The third-order valence-electron chi connectivity index (χ3n) is 6.51. The molecule has 0 unspecified atom stereocenters. The molecule has 1 saturated heterocycles. The summed E-state index contributed by atoms with van der Waals surface area (Å²) in [7, 11) is 0. The van der Waals surface area contributed by atoms with Crippen LogP contribution in [0.4, 0.5) is 5.82 Å². The predicted octanol–water partition coefficient (Wildman–Crippen LogP) is 3.73. The normalized spacial score (nSPS) is 15.1. The Bertz CT molecular complexity index is 1190. The van der Waals surface area contributed by atoms with Crippen molar-refractivity contribution in [2.24, 2.45) is 0 Å². The van der Waals surface area contributed by atoms with Gasteiger partial charge in [-0.25, -0.2) is 4.98 Å². The van der Waals surface area contributed by atoms with E-state index in [1.54, 1.807) is 4.90 Å². The SMILES string of the molecule is Cc1nn2c(N3CC[NH+](Cc4ccccc4)CC3)cc(C(C)C)nc2c1-c1ccccc1. The third-order valence-corrected chi connectivity index (χ3v) is 6.51. The Morgan fingerprint density at radius 1 is 0.938 bits per heavy atom. The van der Waals surface area contributed by atoms with E-state index in [2.05, 4.69) is 96.9 Å². The Balaban J connectivity index is 1.47. The highest BCUT2D eigenvalue weighted by Gasteiger charge is 2.25. The molecule has 0 saturated carbocycles. The second kappa shape index (κ2) is 8.75. The zero-order chi connectivity index (χ0) is 22.1. The van der Waals surface area contributed by atoms with Gasteiger partial charge < -0.3 is 9.80 Å². The number of fused-ring (bicyclic) bond motifs is 1. The smallest absolute Gasteiger partial charge is 0.165 e. The van der Waals surface area contributed by atoms with E-state index in [1.165, 1.54) is 16.9 Å². The van der Waals surface area contributed by atoms with Gasteiger partial charge in [-0.05, 0) is 18.4 Å². The fourth-order valence-electron chi connectivity index (χ4n) is 4.70. The first-order chi connectivity index (χ1) is 15.6. The zero-order valence-electron chi connectivity index (χ0n) is 19.3. The lowest BCUT2D eigenvalue weighted by molar-refractivity contribution is -0.914. The first kappa shape index (κ1) is 20.7. The summed E-state index contributed by atoms with van der Waals surface area (Å²) in [6.45, 7) is 11.9. The summed E-state index contributed by atoms with van der Waals surface area (Å²) in [5, 5.41) is 4.96. The predicted molar refractivity (Wildman–Crippen MR) is 130 cm³/mol. The van der Waals surface area contributed by atoms with Crippen LogP contribution in [0.3, 0.4) is 0 Å². The summed E-state index contributed by atoms with van der Waals surface area (Å²) in [5.74, 6) is 1.53. The maximum absolute atomic E-state index is 5.07. The monoisotopic (exact) mass is 426 g/mol. The lowest BCUT2D eigenvalue weighted by Gasteiger charge is -2.34. The number of aromatic nitrogens is 3. The Labute approximate surface area is 190 Å². The van der Waals surface area contributed by atoms with Gasteiger partial charge in [0.05, 0.1) is 31.9 Å². The van der Waals surface area contributed by atoms with Crippen molar-refractivity contribution in [1.29, 1.82) is 0 Å². The van der Waals surface area contributed by atoms with Crippen molar-refractivity contribution in [1.82, 2.24) is 14.6 Å². The van der Waals surface area contributed by atoms with Crippen molar-refractivity contribution in [3.63, 3.8) is 0 Å². The molecule has 0 amide bonds. The van der Waals surface area contributed by atoms with Gasteiger partial charge in [-0.2, -0.15) is 9.61 Å². The molecule has 0 spiro atoms. The van der Waals surface area contributed by atoms with Crippen molar-refractivity contribution in [2.45, 2.75) is 33.2 Å².